The summed E-state index contributed by atoms with van der Waals surface area (Å²) in [6.07, 6.45) is 3.45. The van der Waals surface area contributed by atoms with Crippen molar-refractivity contribution in [1.29, 1.82) is 0 Å². The van der Waals surface area contributed by atoms with Crippen LogP contribution in [0.25, 0.3) is 0 Å². The molecule has 1 amide bonds. The number of rotatable bonds is 4. The molecule has 0 unspecified atom stereocenters. The van der Waals surface area contributed by atoms with Crippen LogP contribution in [0.15, 0.2) is 18.2 Å². The average molecular weight is 217 g/mol. The lowest BCUT2D eigenvalue weighted by molar-refractivity contribution is 0.0951. The third-order valence-corrected chi connectivity index (χ3v) is 3.14. The number of aryl methyl sites for hydroxylation is 2. The molecule has 1 saturated carbocycles. The Morgan fingerprint density at radius 2 is 2.19 bits per heavy atom. The molecule has 1 aliphatic carbocycles. The van der Waals surface area contributed by atoms with Crippen LogP contribution in [0.5, 0.6) is 0 Å². The first-order chi connectivity index (χ1) is 7.70. The Morgan fingerprint density at radius 3 is 2.81 bits per heavy atom. The van der Waals surface area contributed by atoms with Crippen molar-refractivity contribution in [2.24, 2.45) is 5.92 Å². The molecule has 1 aromatic carbocycles. The van der Waals surface area contributed by atoms with Crippen LogP contribution in [0.4, 0.5) is 0 Å². The van der Waals surface area contributed by atoms with Crippen molar-refractivity contribution < 1.29 is 4.79 Å². The van der Waals surface area contributed by atoms with Gasteiger partial charge in [-0.3, -0.25) is 4.79 Å². The molecule has 1 aromatic rings. The molecule has 0 radical (unpaired) electrons. The van der Waals surface area contributed by atoms with Crippen molar-refractivity contribution >= 4 is 5.91 Å². The fourth-order valence-electron chi connectivity index (χ4n) is 1.86. The number of hydrogen-bond acceptors (Lipinski definition) is 1. The van der Waals surface area contributed by atoms with Gasteiger partial charge in [0.2, 0.25) is 0 Å². The second kappa shape index (κ2) is 4.69. The molecule has 86 valence electrons. The van der Waals surface area contributed by atoms with Crippen molar-refractivity contribution in [3.8, 4) is 0 Å². The topological polar surface area (TPSA) is 29.1 Å². The van der Waals surface area contributed by atoms with Crippen molar-refractivity contribution in [3.05, 3.63) is 34.9 Å². The van der Waals surface area contributed by atoms with Crippen molar-refractivity contribution in [2.45, 2.75) is 33.1 Å². The lowest BCUT2D eigenvalue weighted by atomic mass is 10.0. The van der Waals surface area contributed by atoms with E-state index in [9.17, 15) is 4.79 Å². The average Bonchev–Trinajstić information content (AvgIpc) is 3.09. The maximum atomic E-state index is 12.0. The van der Waals surface area contributed by atoms with E-state index in [-0.39, 0.29) is 5.91 Å². The summed E-state index contributed by atoms with van der Waals surface area (Å²) in [7, 11) is 0. The molecule has 0 aliphatic heterocycles. The minimum Gasteiger partial charge on any atom is -0.352 e. The second-order valence-corrected chi connectivity index (χ2v) is 4.67. The maximum Gasteiger partial charge on any atom is 0.251 e. The van der Waals surface area contributed by atoms with Gasteiger partial charge in [0.25, 0.3) is 5.91 Å². The SMILES string of the molecule is CCc1ccc(C)cc1C(=O)NCC1CC1. The zero-order valence-electron chi connectivity index (χ0n) is 10.0. The first-order valence-electron chi connectivity index (χ1n) is 6.08. The summed E-state index contributed by atoms with van der Waals surface area (Å²) >= 11 is 0. The number of nitrogens with one attached hydrogen (secondary N) is 1. The summed E-state index contributed by atoms with van der Waals surface area (Å²) in [5, 5.41) is 3.02. The molecule has 1 fully saturated rings. The lowest BCUT2D eigenvalue weighted by Gasteiger charge is -2.09. The van der Waals surface area contributed by atoms with Gasteiger partial charge in [0.15, 0.2) is 0 Å². The standard InChI is InChI=1S/C14H19NO/c1-3-12-7-4-10(2)8-13(12)14(16)15-9-11-5-6-11/h4,7-8,11H,3,5-6,9H2,1-2H3,(H,15,16). The Kier molecular flexibility index (Phi) is 3.28. The minimum atomic E-state index is 0.0902. The molecule has 0 atom stereocenters. The Hall–Kier alpha value is -1.31. The third-order valence-electron chi connectivity index (χ3n) is 3.14. The molecule has 2 nitrogen and oxygen atoms in total. The van der Waals surface area contributed by atoms with Gasteiger partial charge in [-0.05, 0) is 43.7 Å². The van der Waals surface area contributed by atoms with E-state index in [1.54, 1.807) is 0 Å². The summed E-state index contributed by atoms with van der Waals surface area (Å²) in [5.41, 5.74) is 3.14. The van der Waals surface area contributed by atoms with Crippen LogP contribution in [0.3, 0.4) is 0 Å². The van der Waals surface area contributed by atoms with Crippen LogP contribution >= 0.6 is 0 Å². The molecule has 0 heterocycles. The first kappa shape index (κ1) is 11.2. The molecule has 0 saturated heterocycles. The summed E-state index contributed by atoms with van der Waals surface area (Å²) in [4.78, 5) is 12.0. The number of carbonyl (C=O) groups excluding carboxylic acids is 1. The van der Waals surface area contributed by atoms with Gasteiger partial charge >= 0.3 is 0 Å². The van der Waals surface area contributed by atoms with Gasteiger partial charge in [0, 0.05) is 12.1 Å². The van der Waals surface area contributed by atoms with Gasteiger partial charge in [-0.25, -0.2) is 0 Å². The van der Waals surface area contributed by atoms with Crippen molar-refractivity contribution in [1.82, 2.24) is 5.32 Å². The Labute approximate surface area is 97.1 Å². The molecular weight excluding hydrogens is 198 g/mol. The zero-order valence-corrected chi connectivity index (χ0v) is 10.0. The molecule has 0 spiro atoms. The van der Waals surface area contributed by atoms with E-state index < -0.39 is 0 Å². The molecule has 1 aliphatic rings. The summed E-state index contributed by atoms with van der Waals surface area (Å²) in [5.74, 6) is 0.825. The summed E-state index contributed by atoms with van der Waals surface area (Å²) < 4.78 is 0. The van der Waals surface area contributed by atoms with E-state index in [1.165, 1.54) is 12.8 Å². The van der Waals surface area contributed by atoms with Crippen molar-refractivity contribution in [2.75, 3.05) is 6.54 Å². The van der Waals surface area contributed by atoms with Crippen LogP contribution in [0.2, 0.25) is 0 Å². The van der Waals surface area contributed by atoms with Crippen LogP contribution in [0.1, 0.15) is 41.3 Å². The molecular formula is C14H19NO. The van der Waals surface area contributed by atoms with E-state index in [0.29, 0.717) is 0 Å². The van der Waals surface area contributed by atoms with Crippen LogP contribution in [-0.4, -0.2) is 12.5 Å². The number of hydrogen-bond donors (Lipinski definition) is 1. The Balaban J connectivity index is 2.09. The number of benzene rings is 1. The fraction of sp³-hybridized carbons (Fsp3) is 0.500. The highest BCUT2D eigenvalue weighted by molar-refractivity contribution is 5.95. The van der Waals surface area contributed by atoms with Gasteiger partial charge in [-0.2, -0.15) is 0 Å². The largest absolute Gasteiger partial charge is 0.352 e. The molecule has 0 bridgehead atoms. The highest BCUT2D eigenvalue weighted by Gasteiger charge is 2.22. The van der Waals surface area contributed by atoms with Crippen LogP contribution in [-0.2, 0) is 6.42 Å². The van der Waals surface area contributed by atoms with Crippen LogP contribution < -0.4 is 5.32 Å². The van der Waals surface area contributed by atoms with E-state index in [2.05, 4.69) is 24.4 Å². The zero-order chi connectivity index (χ0) is 11.5. The smallest absolute Gasteiger partial charge is 0.251 e. The monoisotopic (exact) mass is 217 g/mol. The summed E-state index contributed by atoms with van der Waals surface area (Å²) in [6, 6.07) is 6.11. The van der Waals surface area contributed by atoms with E-state index in [4.69, 9.17) is 0 Å². The maximum absolute atomic E-state index is 12.0. The van der Waals surface area contributed by atoms with E-state index in [0.717, 1.165) is 35.6 Å². The Morgan fingerprint density at radius 1 is 1.44 bits per heavy atom. The normalized spacial score (nSPS) is 14.9. The van der Waals surface area contributed by atoms with E-state index in [1.807, 2.05) is 13.0 Å². The quantitative estimate of drug-likeness (QED) is 0.825. The predicted octanol–water partition coefficient (Wildman–Crippen LogP) is 2.70. The second-order valence-electron chi connectivity index (χ2n) is 4.67. The lowest BCUT2D eigenvalue weighted by Crippen LogP contribution is -2.26. The first-order valence-corrected chi connectivity index (χ1v) is 6.08. The van der Waals surface area contributed by atoms with Crippen molar-refractivity contribution in [3.63, 3.8) is 0 Å². The number of amides is 1. The fourth-order valence-corrected chi connectivity index (χ4v) is 1.86. The molecule has 1 N–H and O–H groups in total. The van der Waals surface area contributed by atoms with Gasteiger partial charge in [0.05, 0.1) is 0 Å². The van der Waals surface area contributed by atoms with Gasteiger partial charge in [-0.1, -0.05) is 24.6 Å². The minimum absolute atomic E-state index is 0.0902. The van der Waals surface area contributed by atoms with E-state index >= 15 is 0 Å². The molecule has 0 aromatic heterocycles. The molecule has 2 heteroatoms. The summed E-state index contributed by atoms with van der Waals surface area (Å²) in [6.45, 7) is 4.95. The Bertz CT molecular complexity index is 394. The van der Waals surface area contributed by atoms with Gasteiger partial charge < -0.3 is 5.32 Å². The number of carbonyl (C=O) groups is 1. The molecule has 16 heavy (non-hydrogen) atoms. The van der Waals surface area contributed by atoms with Gasteiger partial charge in [0.1, 0.15) is 0 Å². The third kappa shape index (κ3) is 2.63. The van der Waals surface area contributed by atoms with Gasteiger partial charge in [-0.15, -0.1) is 0 Å². The highest BCUT2D eigenvalue weighted by atomic mass is 16.1. The van der Waals surface area contributed by atoms with Crippen LogP contribution in [0, 0.1) is 12.8 Å². The highest BCUT2D eigenvalue weighted by Crippen LogP contribution is 2.27. The molecule has 2 rings (SSSR count). The predicted molar refractivity (Wildman–Crippen MR) is 65.6 cm³/mol.